The molecule has 1 saturated carbocycles. The highest BCUT2D eigenvalue weighted by atomic mass is 16.3. The maximum absolute atomic E-state index is 12.0. The van der Waals surface area contributed by atoms with E-state index in [0.717, 1.165) is 43.4 Å². The Morgan fingerprint density at radius 1 is 1.25 bits per heavy atom. The maximum Gasteiger partial charge on any atom is 0.220 e. The van der Waals surface area contributed by atoms with Gasteiger partial charge in [0.25, 0.3) is 0 Å². The van der Waals surface area contributed by atoms with Crippen molar-refractivity contribution in [3.05, 3.63) is 29.8 Å². The molecule has 110 valence electrons. The summed E-state index contributed by atoms with van der Waals surface area (Å²) in [6.07, 6.45) is 5.59. The third-order valence-electron chi connectivity index (χ3n) is 4.00. The van der Waals surface area contributed by atoms with Gasteiger partial charge in [0, 0.05) is 12.1 Å². The first-order valence-electron chi connectivity index (χ1n) is 7.47. The van der Waals surface area contributed by atoms with Crippen LogP contribution in [0.4, 0.5) is 5.69 Å². The molecule has 4 N–H and O–H groups in total. The van der Waals surface area contributed by atoms with Crippen molar-refractivity contribution in [3.8, 4) is 0 Å². The van der Waals surface area contributed by atoms with Crippen LogP contribution < -0.4 is 11.1 Å². The van der Waals surface area contributed by atoms with Gasteiger partial charge in [-0.2, -0.15) is 0 Å². The second-order valence-electron chi connectivity index (χ2n) is 5.58. The molecule has 0 aliphatic heterocycles. The summed E-state index contributed by atoms with van der Waals surface area (Å²) in [4.78, 5) is 12.0. The van der Waals surface area contributed by atoms with Gasteiger partial charge in [0.05, 0.1) is 12.1 Å². The zero-order valence-electron chi connectivity index (χ0n) is 11.8. The molecule has 1 fully saturated rings. The number of nitrogen functional groups attached to an aromatic ring is 1. The summed E-state index contributed by atoms with van der Waals surface area (Å²) in [7, 11) is 0. The summed E-state index contributed by atoms with van der Waals surface area (Å²) in [5.41, 5.74) is 7.60. The molecule has 0 radical (unpaired) electrons. The Balaban J connectivity index is 1.81. The first-order chi connectivity index (χ1) is 9.66. The highest BCUT2D eigenvalue weighted by molar-refractivity contribution is 5.76. The van der Waals surface area contributed by atoms with Crippen LogP contribution in [0.2, 0.25) is 0 Å². The number of anilines is 1. The molecule has 4 heteroatoms. The fraction of sp³-hybridized carbons (Fsp3) is 0.562. The van der Waals surface area contributed by atoms with E-state index in [0.29, 0.717) is 12.8 Å². The summed E-state index contributed by atoms with van der Waals surface area (Å²) >= 11 is 0. The standard InChI is InChI=1S/C16H24N2O2/c17-13-7-5-4-6-12(13)10-11-16(20)18-14-8-2-1-3-9-15(14)19/h4-7,14-15,19H,1-3,8-11,17H2,(H,18,20). The Morgan fingerprint density at radius 3 is 2.80 bits per heavy atom. The number of carbonyl (C=O) groups excluding carboxylic acids is 1. The lowest BCUT2D eigenvalue weighted by molar-refractivity contribution is -0.122. The van der Waals surface area contributed by atoms with E-state index in [9.17, 15) is 9.90 Å². The molecule has 1 aromatic carbocycles. The van der Waals surface area contributed by atoms with Crippen molar-refractivity contribution >= 4 is 11.6 Å². The molecule has 0 heterocycles. The molecule has 20 heavy (non-hydrogen) atoms. The number of aryl methyl sites for hydroxylation is 1. The molecule has 1 aliphatic carbocycles. The number of para-hydroxylation sites is 1. The number of nitrogens with one attached hydrogen (secondary N) is 1. The van der Waals surface area contributed by atoms with E-state index < -0.39 is 6.10 Å². The molecule has 0 bridgehead atoms. The Kier molecular flexibility index (Phi) is 5.41. The molecule has 1 aliphatic rings. The van der Waals surface area contributed by atoms with Gasteiger partial charge >= 0.3 is 0 Å². The second-order valence-corrected chi connectivity index (χ2v) is 5.58. The van der Waals surface area contributed by atoms with Crippen LogP contribution in [0.1, 0.15) is 44.1 Å². The Hall–Kier alpha value is -1.55. The number of hydrogen-bond acceptors (Lipinski definition) is 3. The van der Waals surface area contributed by atoms with Gasteiger partial charge in [0.1, 0.15) is 0 Å². The normalized spacial score (nSPS) is 23.1. The number of amides is 1. The van der Waals surface area contributed by atoms with Gasteiger partial charge in [-0.3, -0.25) is 4.79 Å². The van der Waals surface area contributed by atoms with Crippen LogP contribution in [-0.2, 0) is 11.2 Å². The van der Waals surface area contributed by atoms with E-state index in [4.69, 9.17) is 5.73 Å². The van der Waals surface area contributed by atoms with Crippen molar-refractivity contribution in [2.24, 2.45) is 0 Å². The van der Waals surface area contributed by atoms with E-state index in [1.54, 1.807) is 0 Å². The van der Waals surface area contributed by atoms with Crippen molar-refractivity contribution in [1.82, 2.24) is 5.32 Å². The van der Waals surface area contributed by atoms with Crippen LogP contribution in [0.5, 0.6) is 0 Å². The number of rotatable bonds is 4. The van der Waals surface area contributed by atoms with Crippen molar-refractivity contribution in [1.29, 1.82) is 0 Å². The fourth-order valence-electron chi connectivity index (χ4n) is 2.75. The number of carbonyl (C=O) groups is 1. The van der Waals surface area contributed by atoms with E-state index in [1.165, 1.54) is 0 Å². The molecular weight excluding hydrogens is 252 g/mol. The minimum Gasteiger partial charge on any atom is -0.399 e. The lowest BCUT2D eigenvalue weighted by Gasteiger charge is -2.21. The van der Waals surface area contributed by atoms with Crippen molar-refractivity contribution in [2.45, 2.75) is 57.1 Å². The predicted molar refractivity (Wildman–Crippen MR) is 80.2 cm³/mol. The quantitative estimate of drug-likeness (QED) is 0.581. The van der Waals surface area contributed by atoms with Crippen molar-refractivity contribution in [2.75, 3.05) is 5.73 Å². The van der Waals surface area contributed by atoms with E-state index in [1.807, 2.05) is 24.3 Å². The number of hydrogen-bond donors (Lipinski definition) is 3. The first-order valence-corrected chi connectivity index (χ1v) is 7.47. The maximum atomic E-state index is 12.0. The van der Waals surface area contributed by atoms with Crippen LogP contribution in [-0.4, -0.2) is 23.2 Å². The summed E-state index contributed by atoms with van der Waals surface area (Å²) < 4.78 is 0. The first kappa shape index (κ1) is 14.9. The topological polar surface area (TPSA) is 75.4 Å². The Bertz CT molecular complexity index is 448. The third-order valence-corrected chi connectivity index (χ3v) is 4.00. The van der Waals surface area contributed by atoms with Gasteiger partial charge in [-0.1, -0.05) is 37.5 Å². The van der Waals surface area contributed by atoms with Gasteiger partial charge in [0.15, 0.2) is 0 Å². The third kappa shape index (κ3) is 4.23. The zero-order chi connectivity index (χ0) is 14.4. The van der Waals surface area contributed by atoms with Crippen LogP contribution in [0.15, 0.2) is 24.3 Å². The number of nitrogens with two attached hydrogens (primary N) is 1. The molecule has 2 unspecified atom stereocenters. The summed E-state index contributed by atoms with van der Waals surface area (Å²) in [6, 6.07) is 7.53. The van der Waals surface area contributed by atoms with E-state index in [-0.39, 0.29) is 11.9 Å². The molecule has 0 spiro atoms. The molecular formula is C16H24N2O2. The monoisotopic (exact) mass is 276 g/mol. The summed E-state index contributed by atoms with van der Waals surface area (Å²) in [6.45, 7) is 0. The minimum atomic E-state index is -0.400. The average molecular weight is 276 g/mol. The highest BCUT2D eigenvalue weighted by Gasteiger charge is 2.22. The van der Waals surface area contributed by atoms with Gasteiger partial charge in [-0.05, 0) is 30.9 Å². The number of aliphatic hydroxyl groups is 1. The molecule has 2 atom stereocenters. The van der Waals surface area contributed by atoms with Gasteiger partial charge < -0.3 is 16.2 Å². The lowest BCUT2D eigenvalue weighted by atomic mass is 10.0. The SMILES string of the molecule is Nc1ccccc1CCC(=O)NC1CCCCCC1O. The average Bonchev–Trinajstić information content (AvgIpc) is 2.63. The van der Waals surface area contributed by atoms with Gasteiger partial charge in [0.2, 0.25) is 5.91 Å². The minimum absolute atomic E-state index is 0.000738. The largest absolute Gasteiger partial charge is 0.399 e. The van der Waals surface area contributed by atoms with Gasteiger partial charge in [-0.15, -0.1) is 0 Å². The zero-order valence-corrected chi connectivity index (χ0v) is 11.8. The molecule has 1 amide bonds. The van der Waals surface area contributed by atoms with Crippen molar-refractivity contribution in [3.63, 3.8) is 0 Å². The van der Waals surface area contributed by atoms with Crippen LogP contribution in [0, 0.1) is 0 Å². The molecule has 2 rings (SSSR count). The number of benzene rings is 1. The van der Waals surface area contributed by atoms with Crippen molar-refractivity contribution < 1.29 is 9.90 Å². The number of aliphatic hydroxyl groups excluding tert-OH is 1. The van der Waals surface area contributed by atoms with Crippen LogP contribution in [0.25, 0.3) is 0 Å². The Labute approximate surface area is 120 Å². The van der Waals surface area contributed by atoms with Crippen LogP contribution in [0.3, 0.4) is 0 Å². The van der Waals surface area contributed by atoms with Crippen LogP contribution >= 0.6 is 0 Å². The smallest absolute Gasteiger partial charge is 0.220 e. The second kappa shape index (κ2) is 7.29. The molecule has 1 aromatic rings. The predicted octanol–water partition coefficient (Wildman–Crippen LogP) is 2.01. The summed E-state index contributed by atoms with van der Waals surface area (Å²) in [5, 5.41) is 13.0. The lowest BCUT2D eigenvalue weighted by Crippen LogP contribution is -2.42. The molecule has 0 aromatic heterocycles. The van der Waals surface area contributed by atoms with E-state index in [2.05, 4.69) is 5.32 Å². The summed E-state index contributed by atoms with van der Waals surface area (Å²) in [5.74, 6) is -0.000738. The van der Waals surface area contributed by atoms with E-state index >= 15 is 0 Å². The highest BCUT2D eigenvalue weighted by Crippen LogP contribution is 2.18. The molecule has 0 saturated heterocycles. The molecule has 4 nitrogen and oxygen atoms in total. The van der Waals surface area contributed by atoms with Gasteiger partial charge in [-0.25, -0.2) is 0 Å². The fourth-order valence-corrected chi connectivity index (χ4v) is 2.75. The Morgan fingerprint density at radius 2 is 2.00 bits per heavy atom.